The first-order valence-electron chi connectivity index (χ1n) is 8.42. The van der Waals surface area contributed by atoms with Crippen molar-refractivity contribution >= 4 is 11.9 Å². The number of alkyl halides is 6. The van der Waals surface area contributed by atoms with Crippen LogP contribution in [0, 0.1) is 0 Å². The van der Waals surface area contributed by atoms with Gasteiger partial charge in [-0.15, -0.1) is 0 Å². The summed E-state index contributed by atoms with van der Waals surface area (Å²) in [4.78, 5) is 23.7. The smallest absolute Gasteiger partial charge is 0.449 e. The van der Waals surface area contributed by atoms with Gasteiger partial charge >= 0.3 is 24.3 Å². The number of rotatable bonds is 5. The van der Waals surface area contributed by atoms with Gasteiger partial charge in [-0.1, -0.05) is 12.1 Å². The van der Waals surface area contributed by atoms with Gasteiger partial charge in [-0.2, -0.15) is 26.3 Å². The van der Waals surface area contributed by atoms with Gasteiger partial charge in [0, 0.05) is 11.6 Å². The second-order valence-electron chi connectivity index (χ2n) is 6.13. The van der Waals surface area contributed by atoms with Crippen molar-refractivity contribution in [1.82, 2.24) is 0 Å². The van der Waals surface area contributed by atoms with Crippen LogP contribution in [0.2, 0.25) is 0 Å². The lowest BCUT2D eigenvalue weighted by molar-refractivity contribution is -0.161. The number of ether oxygens (including phenoxy) is 4. The number of benzene rings is 1. The van der Waals surface area contributed by atoms with Gasteiger partial charge in [-0.05, 0) is 17.7 Å². The second kappa shape index (κ2) is 8.90. The lowest BCUT2D eigenvalue weighted by atomic mass is 9.83. The molecule has 6 nitrogen and oxygen atoms in total. The molecule has 170 valence electrons. The van der Waals surface area contributed by atoms with Crippen molar-refractivity contribution < 1.29 is 54.9 Å². The molecule has 0 saturated carbocycles. The van der Waals surface area contributed by atoms with Crippen molar-refractivity contribution in [2.75, 3.05) is 21.3 Å². The largest absolute Gasteiger partial charge is 0.497 e. The van der Waals surface area contributed by atoms with Gasteiger partial charge in [0.05, 0.1) is 32.8 Å². The maximum absolute atomic E-state index is 13.8. The molecule has 0 saturated heterocycles. The van der Waals surface area contributed by atoms with Crippen molar-refractivity contribution in [3.8, 4) is 5.75 Å². The Balaban J connectivity index is 2.85. The number of methoxy groups -OCH3 is 3. The predicted molar refractivity (Wildman–Crippen MR) is 91.9 cm³/mol. The van der Waals surface area contributed by atoms with Crippen LogP contribution in [0.25, 0.3) is 0 Å². The lowest BCUT2D eigenvalue weighted by Gasteiger charge is -2.22. The monoisotopic (exact) mass is 454 g/mol. The molecule has 0 radical (unpaired) electrons. The molecular weight excluding hydrogens is 438 g/mol. The van der Waals surface area contributed by atoms with Crippen molar-refractivity contribution in [3.05, 3.63) is 52.8 Å². The highest BCUT2D eigenvalue weighted by molar-refractivity contribution is 5.85. The Morgan fingerprint density at radius 1 is 0.968 bits per heavy atom. The first kappa shape index (κ1) is 24.1. The van der Waals surface area contributed by atoms with Crippen LogP contribution in [-0.4, -0.2) is 51.7 Å². The Morgan fingerprint density at radius 2 is 1.55 bits per heavy atom. The summed E-state index contributed by atoms with van der Waals surface area (Å²) in [6, 6.07) is 4.91. The highest BCUT2D eigenvalue weighted by Gasteiger charge is 2.56. The van der Waals surface area contributed by atoms with Crippen LogP contribution in [0.1, 0.15) is 11.5 Å². The molecule has 2 rings (SSSR count). The van der Waals surface area contributed by atoms with Gasteiger partial charge in [0.15, 0.2) is 0 Å². The Kier molecular flexibility index (Phi) is 6.92. The SMILES string of the molecule is COC(=O)C=C(C1=C(C(F)(F)F)OC(C(=O)OC)C1c1ccc(OC)cc1)C(F)(F)F. The third kappa shape index (κ3) is 5.12. The van der Waals surface area contributed by atoms with E-state index < -0.39 is 53.2 Å². The van der Waals surface area contributed by atoms with Gasteiger partial charge in [-0.3, -0.25) is 0 Å². The Labute approximate surface area is 172 Å². The molecule has 1 aromatic rings. The Morgan fingerprint density at radius 3 is 1.97 bits per heavy atom. The normalized spacial score (nSPS) is 19.7. The molecule has 1 aliphatic heterocycles. The number of halogens is 6. The van der Waals surface area contributed by atoms with Crippen LogP contribution in [0.3, 0.4) is 0 Å². The molecule has 1 aromatic carbocycles. The van der Waals surface area contributed by atoms with Crippen molar-refractivity contribution in [1.29, 1.82) is 0 Å². The van der Waals surface area contributed by atoms with Gasteiger partial charge in [-0.25, -0.2) is 9.59 Å². The molecule has 12 heteroatoms. The minimum atomic E-state index is -5.42. The van der Waals surface area contributed by atoms with E-state index in [1.54, 1.807) is 0 Å². The van der Waals surface area contributed by atoms with Crippen LogP contribution >= 0.6 is 0 Å². The summed E-state index contributed by atoms with van der Waals surface area (Å²) in [7, 11) is 2.91. The van der Waals surface area contributed by atoms with E-state index in [0.29, 0.717) is 0 Å². The highest BCUT2D eigenvalue weighted by atomic mass is 19.4. The fraction of sp³-hybridized carbons (Fsp3) is 0.368. The van der Waals surface area contributed by atoms with E-state index in [-0.39, 0.29) is 17.4 Å². The quantitative estimate of drug-likeness (QED) is 0.383. The fourth-order valence-corrected chi connectivity index (χ4v) is 3.00. The molecule has 0 aromatic heterocycles. The van der Waals surface area contributed by atoms with Crippen molar-refractivity contribution in [2.45, 2.75) is 24.4 Å². The van der Waals surface area contributed by atoms with E-state index in [4.69, 9.17) is 4.74 Å². The minimum absolute atomic E-state index is 0.124. The van der Waals surface area contributed by atoms with Crippen LogP contribution in [0.5, 0.6) is 5.75 Å². The van der Waals surface area contributed by atoms with Crippen LogP contribution < -0.4 is 4.74 Å². The van der Waals surface area contributed by atoms with E-state index >= 15 is 0 Å². The van der Waals surface area contributed by atoms with Gasteiger partial charge < -0.3 is 18.9 Å². The molecule has 0 N–H and O–H groups in total. The molecule has 0 amide bonds. The Hall–Kier alpha value is -3.18. The van der Waals surface area contributed by atoms with Crippen LogP contribution in [-0.2, 0) is 23.8 Å². The maximum atomic E-state index is 13.8. The fourth-order valence-electron chi connectivity index (χ4n) is 3.00. The number of esters is 2. The third-order valence-electron chi connectivity index (χ3n) is 4.33. The first-order chi connectivity index (χ1) is 14.3. The molecule has 0 bridgehead atoms. The summed E-state index contributed by atoms with van der Waals surface area (Å²) >= 11 is 0. The third-order valence-corrected chi connectivity index (χ3v) is 4.33. The summed E-state index contributed by atoms with van der Waals surface area (Å²) < 4.78 is 101. The summed E-state index contributed by atoms with van der Waals surface area (Å²) in [5.74, 6) is -6.57. The molecule has 0 spiro atoms. The van der Waals surface area contributed by atoms with Gasteiger partial charge in [0.1, 0.15) is 5.75 Å². The summed E-state index contributed by atoms with van der Waals surface area (Å²) in [6.07, 6.45) is -13.0. The van der Waals surface area contributed by atoms with E-state index in [9.17, 15) is 35.9 Å². The van der Waals surface area contributed by atoms with Gasteiger partial charge in [0.25, 0.3) is 0 Å². The average molecular weight is 454 g/mol. The molecule has 1 aliphatic rings. The highest BCUT2D eigenvalue weighted by Crippen LogP contribution is 2.51. The molecule has 2 unspecified atom stereocenters. The topological polar surface area (TPSA) is 71.1 Å². The number of allylic oxidation sites excluding steroid dienone is 2. The molecule has 31 heavy (non-hydrogen) atoms. The predicted octanol–water partition coefficient (Wildman–Crippen LogP) is 3.83. The number of carbonyl (C=O) groups excluding carboxylic acids is 2. The standard InChI is InChI=1S/C19H16F6O6/c1-28-10-6-4-9(5-7-10)13-14(11(18(20,21)22)8-12(26)29-2)16(19(23,24)25)31-15(13)17(27)30-3/h4-8,13,15H,1-3H3. The lowest BCUT2D eigenvalue weighted by Crippen LogP contribution is -2.30. The number of hydrogen-bond donors (Lipinski definition) is 0. The Bertz CT molecular complexity index is 898. The van der Waals surface area contributed by atoms with Crippen LogP contribution in [0.4, 0.5) is 26.3 Å². The van der Waals surface area contributed by atoms with Gasteiger partial charge in [0.2, 0.25) is 11.9 Å². The zero-order chi connectivity index (χ0) is 23.6. The summed E-state index contributed by atoms with van der Waals surface area (Å²) in [5, 5.41) is 0. The minimum Gasteiger partial charge on any atom is -0.497 e. The molecule has 0 aliphatic carbocycles. The van der Waals surface area contributed by atoms with E-state index in [0.717, 1.165) is 14.2 Å². The first-order valence-corrected chi connectivity index (χ1v) is 8.42. The molecule has 1 heterocycles. The molecular formula is C19H16F6O6. The molecule has 0 fully saturated rings. The average Bonchev–Trinajstić information content (AvgIpc) is 3.10. The number of hydrogen-bond acceptors (Lipinski definition) is 6. The van der Waals surface area contributed by atoms with E-state index in [2.05, 4.69) is 14.2 Å². The van der Waals surface area contributed by atoms with Crippen molar-refractivity contribution in [2.24, 2.45) is 0 Å². The zero-order valence-electron chi connectivity index (χ0n) is 16.3. The van der Waals surface area contributed by atoms with E-state index in [1.165, 1.54) is 31.4 Å². The zero-order valence-corrected chi connectivity index (χ0v) is 16.3. The molecule has 2 atom stereocenters. The maximum Gasteiger partial charge on any atom is 0.449 e. The van der Waals surface area contributed by atoms with E-state index in [1.807, 2.05) is 0 Å². The van der Waals surface area contributed by atoms with Crippen molar-refractivity contribution in [3.63, 3.8) is 0 Å². The summed E-state index contributed by atoms with van der Waals surface area (Å²) in [5.41, 5.74) is -3.53. The second-order valence-corrected chi connectivity index (χ2v) is 6.13. The van der Waals surface area contributed by atoms with Crippen LogP contribution in [0.15, 0.2) is 47.2 Å². The summed E-state index contributed by atoms with van der Waals surface area (Å²) in [6.45, 7) is 0. The number of carbonyl (C=O) groups is 2.